The van der Waals surface area contributed by atoms with E-state index in [-0.39, 0.29) is 11.4 Å². The molecule has 82 valence electrons. The molecular weight excluding hydrogens is 207 g/mol. The molecule has 1 rings (SSSR count). The molecule has 1 aromatic carbocycles. The van der Waals surface area contributed by atoms with E-state index in [1.165, 1.54) is 25.2 Å². The summed E-state index contributed by atoms with van der Waals surface area (Å²) < 4.78 is 37.7. The van der Waals surface area contributed by atoms with Crippen molar-refractivity contribution in [3.05, 3.63) is 35.4 Å². The molecule has 0 aliphatic heterocycles. The zero-order valence-electron chi connectivity index (χ0n) is 7.97. The molecule has 0 atom stereocenters. The lowest BCUT2D eigenvalue weighted by molar-refractivity contribution is -0.137. The molecule has 0 aliphatic carbocycles. The van der Waals surface area contributed by atoms with Crippen molar-refractivity contribution in [3.63, 3.8) is 0 Å². The molecule has 0 aromatic heterocycles. The van der Waals surface area contributed by atoms with Gasteiger partial charge in [-0.2, -0.15) is 13.2 Å². The fraction of sp³-hybridized carbons (Fsp3) is 0.222. The average molecular weight is 217 g/mol. The lowest BCUT2D eigenvalue weighted by Gasteiger charge is -2.13. The van der Waals surface area contributed by atoms with Gasteiger partial charge < -0.3 is 5.43 Å². The van der Waals surface area contributed by atoms with Gasteiger partial charge in [-0.15, -0.1) is 0 Å². The second-order valence-electron chi connectivity index (χ2n) is 2.76. The maximum Gasteiger partial charge on any atom is 0.417 e. The first-order valence-corrected chi connectivity index (χ1v) is 4.10. The van der Waals surface area contributed by atoms with Crippen LogP contribution in [0.15, 0.2) is 29.3 Å². The Morgan fingerprint density at radius 1 is 1.33 bits per heavy atom. The highest BCUT2D eigenvalue weighted by Crippen LogP contribution is 2.31. The minimum absolute atomic E-state index is 0.00271. The van der Waals surface area contributed by atoms with Crippen LogP contribution < -0.4 is 11.3 Å². The number of hydrogen-bond donors (Lipinski definition) is 2. The Kier molecular flexibility index (Phi) is 3.31. The summed E-state index contributed by atoms with van der Waals surface area (Å²) in [5, 5.41) is 0. The van der Waals surface area contributed by atoms with Gasteiger partial charge in [0.05, 0.1) is 5.56 Å². The third kappa shape index (κ3) is 2.47. The Labute approximate surface area is 84.8 Å². The smallest absolute Gasteiger partial charge is 0.308 e. The standard InChI is InChI=1S/C9H10F3N3/c1-14-8(15-13)6-4-2-3-5-7(6)9(10,11)12/h2-5H,13H2,1H3,(H,14,15). The van der Waals surface area contributed by atoms with Gasteiger partial charge in [-0.05, 0) is 6.07 Å². The normalized spacial score (nSPS) is 12.7. The van der Waals surface area contributed by atoms with Crippen molar-refractivity contribution in [3.8, 4) is 0 Å². The zero-order valence-corrected chi connectivity index (χ0v) is 7.97. The first-order valence-electron chi connectivity index (χ1n) is 4.10. The predicted molar refractivity (Wildman–Crippen MR) is 51.2 cm³/mol. The van der Waals surface area contributed by atoms with E-state index >= 15 is 0 Å². The highest BCUT2D eigenvalue weighted by Gasteiger charge is 2.33. The molecule has 1 aromatic rings. The van der Waals surface area contributed by atoms with Gasteiger partial charge in [-0.25, -0.2) is 5.84 Å². The fourth-order valence-corrected chi connectivity index (χ4v) is 1.20. The molecule has 15 heavy (non-hydrogen) atoms. The molecule has 0 heterocycles. The molecule has 6 heteroatoms. The molecular formula is C9H10F3N3. The highest BCUT2D eigenvalue weighted by atomic mass is 19.4. The molecule has 0 saturated heterocycles. The Morgan fingerprint density at radius 2 is 1.93 bits per heavy atom. The highest BCUT2D eigenvalue weighted by molar-refractivity contribution is 5.99. The summed E-state index contributed by atoms with van der Waals surface area (Å²) in [7, 11) is 1.36. The van der Waals surface area contributed by atoms with Gasteiger partial charge in [0.1, 0.15) is 5.84 Å². The van der Waals surface area contributed by atoms with Crippen molar-refractivity contribution in [2.45, 2.75) is 6.18 Å². The molecule has 0 unspecified atom stereocenters. The van der Waals surface area contributed by atoms with E-state index in [1.807, 2.05) is 0 Å². The number of amidine groups is 1. The summed E-state index contributed by atoms with van der Waals surface area (Å²) in [5.74, 6) is 5.08. The number of aliphatic imine (C=N–C) groups is 1. The van der Waals surface area contributed by atoms with Crippen LogP contribution in [0.3, 0.4) is 0 Å². The fourth-order valence-electron chi connectivity index (χ4n) is 1.20. The molecule has 0 amide bonds. The van der Waals surface area contributed by atoms with Crippen molar-refractivity contribution in [1.82, 2.24) is 5.43 Å². The Hall–Kier alpha value is -1.56. The van der Waals surface area contributed by atoms with Crippen molar-refractivity contribution in [1.29, 1.82) is 0 Å². The summed E-state index contributed by atoms with van der Waals surface area (Å²) in [6.07, 6.45) is -4.41. The van der Waals surface area contributed by atoms with Gasteiger partial charge in [0.25, 0.3) is 0 Å². The van der Waals surface area contributed by atoms with Crippen LogP contribution in [-0.2, 0) is 6.18 Å². The van der Waals surface area contributed by atoms with Crippen LogP contribution >= 0.6 is 0 Å². The van der Waals surface area contributed by atoms with Gasteiger partial charge in [0, 0.05) is 12.6 Å². The topological polar surface area (TPSA) is 50.4 Å². The number of halogens is 3. The number of rotatable bonds is 1. The summed E-state index contributed by atoms with van der Waals surface area (Å²) in [6, 6.07) is 5.10. The van der Waals surface area contributed by atoms with Crippen LogP contribution in [0.1, 0.15) is 11.1 Å². The van der Waals surface area contributed by atoms with Crippen LogP contribution in [0.5, 0.6) is 0 Å². The lowest BCUT2D eigenvalue weighted by atomic mass is 10.1. The van der Waals surface area contributed by atoms with Crippen molar-refractivity contribution >= 4 is 5.84 Å². The molecule has 0 aliphatic rings. The van der Waals surface area contributed by atoms with E-state index in [2.05, 4.69) is 10.4 Å². The second-order valence-corrected chi connectivity index (χ2v) is 2.76. The van der Waals surface area contributed by atoms with Crippen LogP contribution in [0.4, 0.5) is 13.2 Å². The van der Waals surface area contributed by atoms with E-state index in [4.69, 9.17) is 5.84 Å². The number of nitrogens with zero attached hydrogens (tertiary/aromatic N) is 1. The molecule has 0 saturated carbocycles. The molecule has 0 fully saturated rings. The second kappa shape index (κ2) is 4.31. The number of benzene rings is 1. The number of nitrogens with two attached hydrogens (primary N) is 1. The SMILES string of the molecule is CN=C(NN)c1ccccc1C(F)(F)F. The van der Waals surface area contributed by atoms with Crippen LogP contribution in [-0.4, -0.2) is 12.9 Å². The molecule has 0 spiro atoms. The molecule has 3 N–H and O–H groups in total. The lowest BCUT2D eigenvalue weighted by Crippen LogP contribution is -2.32. The predicted octanol–water partition coefficient (Wildman–Crippen LogP) is 1.55. The maximum absolute atomic E-state index is 12.6. The third-order valence-corrected chi connectivity index (χ3v) is 1.85. The van der Waals surface area contributed by atoms with Gasteiger partial charge in [0.15, 0.2) is 0 Å². The minimum atomic E-state index is -4.41. The van der Waals surface area contributed by atoms with Gasteiger partial charge in [-0.1, -0.05) is 18.2 Å². The summed E-state index contributed by atoms with van der Waals surface area (Å²) >= 11 is 0. The van der Waals surface area contributed by atoms with Crippen molar-refractivity contribution < 1.29 is 13.2 Å². The average Bonchev–Trinajstić information content (AvgIpc) is 2.19. The zero-order chi connectivity index (χ0) is 11.5. The van der Waals surface area contributed by atoms with Crippen LogP contribution in [0, 0.1) is 0 Å². The number of nitrogens with one attached hydrogen (secondary N) is 1. The summed E-state index contributed by atoms with van der Waals surface area (Å²) in [4.78, 5) is 3.63. The first kappa shape index (κ1) is 11.5. The number of hydrogen-bond acceptors (Lipinski definition) is 2. The number of alkyl halides is 3. The van der Waals surface area contributed by atoms with E-state index in [1.54, 1.807) is 0 Å². The third-order valence-electron chi connectivity index (χ3n) is 1.85. The summed E-state index contributed by atoms with van der Waals surface area (Å²) in [5.41, 5.74) is 1.31. The van der Waals surface area contributed by atoms with Crippen LogP contribution in [0.25, 0.3) is 0 Å². The van der Waals surface area contributed by atoms with E-state index in [0.717, 1.165) is 6.07 Å². The molecule has 3 nitrogen and oxygen atoms in total. The van der Waals surface area contributed by atoms with E-state index in [0.29, 0.717) is 0 Å². The Bertz CT molecular complexity index is 371. The van der Waals surface area contributed by atoms with E-state index < -0.39 is 11.7 Å². The first-order chi connectivity index (χ1) is 7.00. The molecule has 0 bridgehead atoms. The van der Waals surface area contributed by atoms with Crippen molar-refractivity contribution in [2.75, 3.05) is 7.05 Å². The van der Waals surface area contributed by atoms with Gasteiger partial charge in [0.2, 0.25) is 0 Å². The minimum Gasteiger partial charge on any atom is -0.308 e. The largest absolute Gasteiger partial charge is 0.417 e. The Morgan fingerprint density at radius 3 is 2.40 bits per heavy atom. The van der Waals surface area contributed by atoms with Crippen LogP contribution in [0.2, 0.25) is 0 Å². The number of hydrazine groups is 1. The van der Waals surface area contributed by atoms with Gasteiger partial charge >= 0.3 is 6.18 Å². The van der Waals surface area contributed by atoms with Gasteiger partial charge in [-0.3, -0.25) is 4.99 Å². The quantitative estimate of drug-likeness (QED) is 0.324. The molecule has 0 radical (unpaired) electrons. The van der Waals surface area contributed by atoms with Crippen molar-refractivity contribution in [2.24, 2.45) is 10.8 Å². The summed E-state index contributed by atoms with van der Waals surface area (Å²) in [6.45, 7) is 0. The monoisotopic (exact) mass is 217 g/mol. The van der Waals surface area contributed by atoms with E-state index in [9.17, 15) is 13.2 Å². The maximum atomic E-state index is 12.6. The Balaban J connectivity index is 3.30.